The number of ether oxygens (including phenoxy) is 2. The number of hydrogen-bond acceptors (Lipinski definition) is 17. The molecular weight excluding hydrogens is 893 g/mol. The molecule has 2 aliphatic carbocycles. The van der Waals surface area contributed by atoms with Gasteiger partial charge in [-0.05, 0) is 64.6 Å². The van der Waals surface area contributed by atoms with Gasteiger partial charge in [0.1, 0.15) is 6.23 Å². The van der Waals surface area contributed by atoms with Crippen molar-refractivity contribution in [2.75, 3.05) is 90.0 Å². The summed E-state index contributed by atoms with van der Waals surface area (Å²) < 4.78 is 103. The Morgan fingerprint density at radius 2 is 0.983 bits per heavy atom. The minimum absolute atomic E-state index is 0.178. The van der Waals surface area contributed by atoms with Gasteiger partial charge in [-0.2, -0.15) is 0 Å². The van der Waals surface area contributed by atoms with E-state index in [1.165, 1.54) is 64.0 Å². The lowest BCUT2D eigenvalue weighted by Crippen LogP contribution is -2.69. The molecule has 0 aliphatic heterocycles. The van der Waals surface area contributed by atoms with Crippen molar-refractivity contribution in [1.82, 2.24) is 0 Å². The Hall–Kier alpha value is 0.0151. The molecule has 0 radical (unpaired) electrons. The van der Waals surface area contributed by atoms with Crippen molar-refractivity contribution in [1.29, 1.82) is 0 Å². The van der Waals surface area contributed by atoms with E-state index in [2.05, 4.69) is 87.9 Å². The molecule has 338 valence electrons. The van der Waals surface area contributed by atoms with Gasteiger partial charge in [0.15, 0.2) is 17.4 Å². The average Bonchev–Trinajstić information content (AvgIpc) is 3.22. The highest BCUT2D eigenvalue weighted by atomic mass is 28.5. The zero-order valence-electron chi connectivity index (χ0n) is 37.4. The first-order valence-electron chi connectivity index (χ1n) is 19.4. The van der Waals surface area contributed by atoms with Crippen LogP contribution in [0.1, 0.15) is 19.3 Å². The topological polar surface area (TPSA) is 157 Å². The minimum Gasteiger partial charge on any atom is -0.440 e. The molecule has 0 aromatic carbocycles. The van der Waals surface area contributed by atoms with Crippen LogP contribution in [0.25, 0.3) is 0 Å². The fraction of sp³-hybridized carbons (Fsp3) is 0.758. The maximum Gasteiger partial charge on any atom is 0.673 e. The summed E-state index contributed by atoms with van der Waals surface area (Å²) in [7, 11) is -12.5. The molecule has 0 amide bonds. The van der Waals surface area contributed by atoms with Crippen LogP contribution < -0.4 is 0 Å². The zero-order chi connectivity index (χ0) is 43.6. The van der Waals surface area contributed by atoms with Gasteiger partial charge in [-0.25, -0.2) is 0 Å². The van der Waals surface area contributed by atoms with Crippen molar-refractivity contribution >= 4 is 70.4 Å². The molecule has 0 spiro atoms. The molecule has 25 heteroatoms. The summed E-state index contributed by atoms with van der Waals surface area (Å²) in [6.07, 6.45) is 20.0. The summed E-state index contributed by atoms with van der Waals surface area (Å²) in [6.45, 7) is 14.3. The van der Waals surface area contributed by atoms with Crippen LogP contribution in [0.3, 0.4) is 0 Å². The van der Waals surface area contributed by atoms with E-state index in [-0.39, 0.29) is 30.5 Å². The molecule has 0 fully saturated rings. The Morgan fingerprint density at radius 1 is 0.517 bits per heavy atom. The molecule has 3 unspecified atom stereocenters. The van der Waals surface area contributed by atoms with Gasteiger partial charge < -0.3 is 74.0 Å². The van der Waals surface area contributed by atoms with Crippen LogP contribution in [0.2, 0.25) is 56.4 Å². The summed E-state index contributed by atoms with van der Waals surface area (Å²) >= 11 is 0. The van der Waals surface area contributed by atoms with Crippen LogP contribution in [-0.4, -0.2) is 160 Å². The van der Waals surface area contributed by atoms with Gasteiger partial charge in [0.25, 0.3) is 0 Å². The fourth-order valence-corrected chi connectivity index (χ4v) is 36.4. The predicted octanol–water partition coefficient (Wildman–Crippen LogP) is 5.22. The molecule has 2 aliphatic rings. The average molecular weight is 966 g/mol. The largest absolute Gasteiger partial charge is 0.673 e. The summed E-state index contributed by atoms with van der Waals surface area (Å²) in [6, 6.07) is 0.890. The lowest BCUT2D eigenvalue weighted by Gasteiger charge is -2.49. The third kappa shape index (κ3) is 16.0. The van der Waals surface area contributed by atoms with E-state index in [0.717, 1.165) is 25.3 Å². The molecule has 17 nitrogen and oxygen atoms in total. The van der Waals surface area contributed by atoms with Crippen molar-refractivity contribution in [2.24, 2.45) is 0 Å². The molecule has 0 saturated heterocycles. The Balaban J connectivity index is 2.17. The predicted molar refractivity (Wildman–Crippen MR) is 237 cm³/mol. The highest BCUT2D eigenvalue weighted by Crippen LogP contribution is 2.47. The van der Waals surface area contributed by atoms with Gasteiger partial charge in [0.2, 0.25) is 0 Å². The van der Waals surface area contributed by atoms with E-state index < -0.39 is 70.4 Å². The van der Waals surface area contributed by atoms with Gasteiger partial charge >= 0.3 is 53.1 Å². The van der Waals surface area contributed by atoms with E-state index in [1.54, 1.807) is 0 Å². The Morgan fingerprint density at radius 3 is 1.41 bits per heavy atom. The molecule has 0 saturated carbocycles. The van der Waals surface area contributed by atoms with Crippen LogP contribution in [-0.2, 0) is 74.0 Å². The zero-order valence-corrected chi connectivity index (χ0v) is 45.6. The second-order valence-electron chi connectivity index (χ2n) is 14.7. The lowest BCUT2D eigenvalue weighted by atomic mass is 10.2. The SMILES string of the molecule is CO[Si](COCCOCCC[Si](C)(C)O[Si](O[Si](C)(C)O[SiH](C)C)(C1C=CC=CC1)C1C=CC=CC1)(O[Si](OC)(OC)OC)O[Si](OC)(OC)O[Si](OC)(OC)OC. The number of rotatable bonds is 32. The minimum atomic E-state index is -4.19. The van der Waals surface area contributed by atoms with Crippen molar-refractivity contribution in [3.8, 4) is 0 Å². The van der Waals surface area contributed by atoms with Crippen molar-refractivity contribution in [3.05, 3.63) is 48.6 Å². The molecule has 0 N–H and O–H groups in total. The first-order valence-corrected chi connectivity index (χ1v) is 36.9. The summed E-state index contributed by atoms with van der Waals surface area (Å²) in [4.78, 5) is 0. The lowest BCUT2D eigenvalue weighted by molar-refractivity contribution is -0.0412. The van der Waals surface area contributed by atoms with Crippen LogP contribution in [0.4, 0.5) is 0 Å². The molecular formula is C33H72O17Si8. The van der Waals surface area contributed by atoms with Crippen LogP contribution >= 0.6 is 0 Å². The van der Waals surface area contributed by atoms with E-state index in [9.17, 15) is 0 Å². The maximum absolute atomic E-state index is 7.56. The first kappa shape index (κ1) is 54.1. The smallest absolute Gasteiger partial charge is 0.440 e. The highest BCUT2D eigenvalue weighted by molar-refractivity contribution is 6.90. The van der Waals surface area contributed by atoms with Crippen molar-refractivity contribution in [3.63, 3.8) is 0 Å². The second kappa shape index (κ2) is 25.3. The summed E-state index contributed by atoms with van der Waals surface area (Å²) in [5, 5.41) is 0. The molecule has 0 aromatic heterocycles. The third-order valence-electron chi connectivity index (χ3n) is 9.20. The van der Waals surface area contributed by atoms with Crippen LogP contribution in [0, 0.1) is 0 Å². The van der Waals surface area contributed by atoms with Crippen LogP contribution in [0.15, 0.2) is 48.6 Å². The monoisotopic (exact) mass is 964 g/mol. The van der Waals surface area contributed by atoms with E-state index >= 15 is 0 Å². The van der Waals surface area contributed by atoms with Crippen molar-refractivity contribution < 1.29 is 74.0 Å². The Kier molecular flexibility index (Phi) is 23.7. The van der Waals surface area contributed by atoms with E-state index in [4.69, 9.17) is 74.0 Å². The molecule has 58 heavy (non-hydrogen) atoms. The summed E-state index contributed by atoms with van der Waals surface area (Å²) in [5.74, 6) is 0. The summed E-state index contributed by atoms with van der Waals surface area (Å²) in [5.41, 5.74) is 0.361. The second-order valence-corrected chi connectivity index (χ2v) is 39.9. The third-order valence-corrected chi connectivity index (χ3v) is 36.2. The Labute approximate surface area is 357 Å². The fourth-order valence-electron chi connectivity index (χ4n) is 6.61. The van der Waals surface area contributed by atoms with Gasteiger partial charge in [-0.1, -0.05) is 48.6 Å². The van der Waals surface area contributed by atoms with Gasteiger partial charge in [0, 0.05) is 81.7 Å². The van der Waals surface area contributed by atoms with Crippen LogP contribution in [0.5, 0.6) is 0 Å². The quantitative estimate of drug-likeness (QED) is 0.0639. The molecule has 2 rings (SSSR count). The molecule has 0 aromatic rings. The normalized spacial score (nSPS) is 20.2. The first-order chi connectivity index (χ1) is 27.4. The number of allylic oxidation sites excluding steroid dienone is 8. The van der Waals surface area contributed by atoms with Gasteiger partial charge in [-0.15, -0.1) is 0 Å². The van der Waals surface area contributed by atoms with Gasteiger partial charge in [-0.3, -0.25) is 0 Å². The standard InChI is InChI=1S/C33H72O17Si8/c1-34-54(48-56(35-2,36-3)37-4,49-58(41-8,42-9)50-57(38-5,39-6)40-7)31-44-29-28-43-27-22-30-52(12,13)46-55(32-23-18-16-19-24-32,33-25-20-17-21-26-33)47-53(14,15)45-51(10)11/h16-21,23,25,32-33,51H,22,24,26-31H2,1-15H3. The maximum atomic E-state index is 7.56. The highest BCUT2D eigenvalue weighted by Gasteiger charge is 2.66. The van der Waals surface area contributed by atoms with E-state index in [1.807, 2.05) is 0 Å². The van der Waals surface area contributed by atoms with Gasteiger partial charge in [0.05, 0.1) is 13.2 Å². The molecule has 0 heterocycles. The Bertz CT molecular complexity index is 1250. The number of hydrogen-bond donors (Lipinski definition) is 0. The molecule has 3 atom stereocenters. The van der Waals surface area contributed by atoms with Crippen molar-refractivity contribution in [2.45, 2.75) is 75.7 Å². The molecule has 0 bridgehead atoms. The van der Waals surface area contributed by atoms with E-state index in [0.29, 0.717) is 6.61 Å².